The number of carbonyl (C=O) groups excluding carboxylic acids is 1. The number of anilines is 1. The van der Waals surface area contributed by atoms with E-state index in [9.17, 15) is 9.18 Å². The minimum absolute atomic E-state index is 0.0702. The molecule has 184 valence electrons. The van der Waals surface area contributed by atoms with E-state index in [-0.39, 0.29) is 24.0 Å². The molecule has 36 heavy (non-hydrogen) atoms. The third kappa shape index (κ3) is 4.27. The lowest BCUT2D eigenvalue weighted by Crippen LogP contribution is -2.40. The van der Waals surface area contributed by atoms with Gasteiger partial charge < -0.3 is 19.5 Å². The number of ether oxygens (including phenoxy) is 1. The number of pyridine rings is 1. The fourth-order valence-electron chi connectivity index (χ4n) is 5.85. The smallest absolute Gasteiger partial charge is 0.321 e. The zero-order valence-electron chi connectivity index (χ0n) is 20.0. The standard InChI is InChI=1S/C28H28FN5O2/c1-18-31-23-6-2-3-7-24(23)34(18)25-14-19-16-33(28(35)32-22-11-9-21(29)10-12-22)17-20(19)15-26(25)36-27-8-4-5-13-30-27/h2-13,19-20,25-26H,14-17H2,1H3,(H,32,35)/t19-,20+,25-,26-/m0/s1. The first-order chi connectivity index (χ1) is 17.5. The number of benzene rings is 2. The second kappa shape index (κ2) is 9.26. The van der Waals surface area contributed by atoms with Crippen LogP contribution in [-0.2, 0) is 0 Å². The van der Waals surface area contributed by atoms with Crippen molar-refractivity contribution in [1.29, 1.82) is 0 Å². The Morgan fingerprint density at radius 2 is 1.75 bits per heavy atom. The van der Waals surface area contributed by atoms with E-state index in [1.54, 1.807) is 18.3 Å². The Morgan fingerprint density at radius 3 is 2.53 bits per heavy atom. The van der Waals surface area contributed by atoms with Gasteiger partial charge in [0.1, 0.15) is 17.7 Å². The molecule has 1 saturated carbocycles. The van der Waals surface area contributed by atoms with Crippen LogP contribution in [0.3, 0.4) is 0 Å². The van der Waals surface area contributed by atoms with Gasteiger partial charge in [-0.1, -0.05) is 18.2 Å². The van der Waals surface area contributed by atoms with E-state index in [0.717, 1.165) is 29.7 Å². The highest BCUT2D eigenvalue weighted by molar-refractivity contribution is 5.89. The summed E-state index contributed by atoms with van der Waals surface area (Å²) in [5, 5.41) is 2.91. The zero-order chi connectivity index (χ0) is 24.6. The highest BCUT2D eigenvalue weighted by Gasteiger charge is 2.45. The predicted octanol–water partition coefficient (Wildman–Crippen LogP) is 5.44. The number of amides is 2. The molecular weight excluding hydrogens is 457 g/mol. The molecule has 2 aromatic carbocycles. The summed E-state index contributed by atoms with van der Waals surface area (Å²) >= 11 is 0. The highest BCUT2D eigenvalue weighted by Crippen LogP contribution is 2.44. The average Bonchev–Trinajstić information content (AvgIpc) is 3.45. The number of hydrogen-bond donors (Lipinski definition) is 1. The molecule has 8 heteroatoms. The first-order valence-electron chi connectivity index (χ1n) is 12.4. The Morgan fingerprint density at radius 1 is 1.00 bits per heavy atom. The van der Waals surface area contributed by atoms with Crippen molar-refractivity contribution in [1.82, 2.24) is 19.4 Å². The van der Waals surface area contributed by atoms with Gasteiger partial charge >= 0.3 is 6.03 Å². The van der Waals surface area contributed by atoms with E-state index >= 15 is 0 Å². The molecule has 2 amide bonds. The van der Waals surface area contributed by atoms with E-state index in [1.165, 1.54) is 12.1 Å². The molecule has 0 radical (unpaired) electrons. The van der Waals surface area contributed by atoms with Crippen LogP contribution >= 0.6 is 0 Å². The fraction of sp³-hybridized carbons (Fsp3) is 0.321. The molecule has 0 spiro atoms. The van der Waals surface area contributed by atoms with Crippen LogP contribution in [0.4, 0.5) is 14.9 Å². The fourth-order valence-corrected chi connectivity index (χ4v) is 5.85. The lowest BCUT2D eigenvalue weighted by molar-refractivity contribution is 0.0522. The van der Waals surface area contributed by atoms with E-state index in [1.807, 2.05) is 48.2 Å². The molecule has 4 atom stereocenters. The maximum atomic E-state index is 13.3. The number of halogens is 1. The van der Waals surface area contributed by atoms with Crippen LogP contribution in [0.25, 0.3) is 11.0 Å². The summed E-state index contributed by atoms with van der Waals surface area (Å²) in [6, 6.07) is 19.7. The lowest BCUT2D eigenvalue weighted by Gasteiger charge is -2.39. The summed E-state index contributed by atoms with van der Waals surface area (Å²) in [6.07, 6.45) is 3.34. The Labute approximate surface area is 208 Å². The van der Waals surface area contributed by atoms with Crippen molar-refractivity contribution < 1.29 is 13.9 Å². The predicted molar refractivity (Wildman–Crippen MR) is 135 cm³/mol. The molecule has 1 saturated heterocycles. The van der Waals surface area contributed by atoms with Crippen molar-refractivity contribution in [3.8, 4) is 5.88 Å². The Hall–Kier alpha value is -3.94. The van der Waals surface area contributed by atoms with Crippen molar-refractivity contribution in [3.05, 3.63) is 84.6 Å². The van der Waals surface area contributed by atoms with Gasteiger partial charge in [-0.25, -0.2) is 19.2 Å². The van der Waals surface area contributed by atoms with Gasteiger partial charge in [-0.3, -0.25) is 0 Å². The number of nitrogens with one attached hydrogen (secondary N) is 1. The monoisotopic (exact) mass is 485 g/mol. The Balaban J connectivity index is 1.26. The van der Waals surface area contributed by atoms with E-state index in [2.05, 4.69) is 20.9 Å². The van der Waals surface area contributed by atoms with Crippen LogP contribution in [0.5, 0.6) is 5.88 Å². The maximum absolute atomic E-state index is 13.3. The number of carbonyl (C=O) groups is 1. The van der Waals surface area contributed by atoms with Crippen LogP contribution in [-0.4, -0.2) is 44.7 Å². The van der Waals surface area contributed by atoms with Crippen LogP contribution in [0.15, 0.2) is 72.9 Å². The van der Waals surface area contributed by atoms with E-state index in [0.29, 0.717) is 36.5 Å². The normalized spacial score (nSPS) is 23.4. The van der Waals surface area contributed by atoms with Crippen molar-refractivity contribution in [3.63, 3.8) is 0 Å². The van der Waals surface area contributed by atoms with Gasteiger partial charge in [-0.05, 0) is 74.1 Å². The van der Waals surface area contributed by atoms with Crippen molar-refractivity contribution >= 4 is 22.8 Å². The van der Waals surface area contributed by atoms with Gasteiger partial charge in [0, 0.05) is 31.0 Å². The molecule has 0 bridgehead atoms. The van der Waals surface area contributed by atoms with Gasteiger partial charge in [0.05, 0.1) is 17.1 Å². The molecule has 6 rings (SSSR count). The van der Waals surface area contributed by atoms with E-state index < -0.39 is 0 Å². The first-order valence-corrected chi connectivity index (χ1v) is 12.4. The van der Waals surface area contributed by atoms with Crippen LogP contribution < -0.4 is 10.1 Å². The van der Waals surface area contributed by atoms with Gasteiger partial charge in [-0.2, -0.15) is 0 Å². The number of hydrogen-bond acceptors (Lipinski definition) is 4. The van der Waals surface area contributed by atoms with E-state index in [4.69, 9.17) is 9.72 Å². The summed E-state index contributed by atoms with van der Waals surface area (Å²) in [7, 11) is 0. The number of imidazole rings is 1. The minimum Gasteiger partial charge on any atom is -0.472 e. The quantitative estimate of drug-likeness (QED) is 0.418. The number of likely N-dealkylation sites (tertiary alicyclic amines) is 1. The number of urea groups is 1. The van der Waals surface area contributed by atoms with Gasteiger partial charge in [0.25, 0.3) is 0 Å². The molecule has 1 aliphatic carbocycles. The summed E-state index contributed by atoms with van der Waals surface area (Å²) in [4.78, 5) is 24.1. The third-order valence-corrected chi connectivity index (χ3v) is 7.48. The summed E-state index contributed by atoms with van der Waals surface area (Å²) in [5.74, 6) is 1.91. The lowest BCUT2D eigenvalue weighted by atomic mass is 9.77. The zero-order valence-corrected chi connectivity index (χ0v) is 20.0. The number of fused-ring (bicyclic) bond motifs is 2. The van der Waals surface area contributed by atoms with Crippen LogP contribution in [0, 0.1) is 24.6 Å². The molecular formula is C28H28FN5O2. The summed E-state index contributed by atoms with van der Waals surface area (Å²) < 4.78 is 22.1. The number of para-hydroxylation sites is 2. The molecule has 2 aromatic heterocycles. The van der Waals surface area contributed by atoms with Crippen LogP contribution in [0.1, 0.15) is 24.7 Å². The summed E-state index contributed by atoms with van der Waals surface area (Å²) in [6.45, 7) is 3.38. The average molecular weight is 486 g/mol. The number of nitrogens with zero attached hydrogens (tertiary/aromatic N) is 4. The SMILES string of the molecule is Cc1nc2ccccc2n1[C@H]1C[C@H]2CN(C(=O)Nc3ccc(F)cc3)C[C@H]2C[C@@H]1Oc1ccccn1. The molecule has 0 unspecified atom stereocenters. The largest absolute Gasteiger partial charge is 0.472 e. The molecule has 2 fully saturated rings. The summed E-state index contributed by atoms with van der Waals surface area (Å²) in [5.41, 5.74) is 2.66. The maximum Gasteiger partial charge on any atom is 0.321 e. The van der Waals surface area contributed by atoms with Crippen LogP contribution in [0.2, 0.25) is 0 Å². The van der Waals surface area contributed by atoms with Gasteiger partial charge in [0.15, 0.2) is 0 Å². The Kier molecular flexibility index (Phi) is 5.79. The molecule has 4 aromatic rings. The highest BCUT2D eigenvalue weighted by atomic mass is 19.1. The minimum atomic E-state index is -0.326. The number of aryl methyl sites for hydroxylation is 1. The molecule has 1 N–H and O–H groups in total. The van der Waals surface area contributed by atoms with Gasteiger partial charge in [0.2, 0.25) is 5.88 Å². The second-order valence-corrected chi connectivity index (χ2v) is 9.74. The molecule has 3 heterocycles. The van der Waals surface area contributed by atoms with Crippen molar-refractivity contribution in [2.24, 2.45) is 11.8 Å². The van der Waals surface area contributed by atoms with Crippen molar-refractivity contribution in [2.45, 2.75) is 31.9 Å². The van der Waals surface area contributed by atoms with Crippen molar-refractivity contribution in [2.75, 3.05) is 18.4 Å². The number of aromatic nitrogens is 3. The Bertz CT molecular complexity index is 1370. The molecule has 1 aliphatic heterocycles. The third-order valence-electron chi connectivity index (χ3n) is 7.48. The number of rotatable bonds is 4. The molecule has 7 nitrogen and oxygen atoms in total. The topological polar surface area (TPSA) is 72.3 Å². The second-order valence-electron chi connectivity index (χ2n) is 9.74. The molecule has 2 aliphatic rings. The first kappa shape index (κ1) is 22.5. The van der Waals surface area contributed by atoms with Gasteiger partial charge in [-0.15, -0.1) is 0 Å².